The largest absolute Gasteiger partial charge is 0.478 e. The highest BCUT2D eigenvalue weighted by molar-refractivity contribution is 5.93. The van der Waals surface area contributed by atoms with Crippen LogP contribution < -0.4 is 11.1 Å². The zero-order valence-corrected chi connectivity index (χ0v) is 15.7. The minimum Gasteiger partial charge on any atom is -0.478 e. The summed E-state index contributed by atoms with van der Waals surface area (Å²) < 4.78 is 0. The van der Waals surface area contributed by atoms with E-state index in [1.165, 1.54) is 50.6 Å². The van der Waals surface area contributed by atoms with Crippen molar-refractivity contribution in [3.8, 4) is 6.07 Å². The third kappa shape index (κ3) is 4.53. The fourth-order valence-electron chi connectivity index (χ4n) is 3.67. The fraction of sp³-hybridized carbons (Fsp3) is 0.421. The van der Waals surface area contributed by atoms with E-state index < -0.39 is 5.97 Å². The Kier molecular flexibility index (Phi) is 6.01. The van der Waals surface area contributed by atoms with Crippen molar-refractivity contribution in [2.75, 3.05) is 18.1 Å². The highest BCUT2D eigenvalue weighted by Gasteiger charge is 2.33. The number of nitrogens with one attached hydrogen (secondary N) is 1. The van der Waals surface area contributed by atoms with E-state index in [-0.39, 0.29) is 16.9 Å². The number of nitriles is 1. The molecule has 4 heterocycles. The van der Waals surface area contributed by atoms with Gasteiger partial charge in [0, 0.05) is 24.3 Å². The average Bonchev–Trinajstić information content (AvgIpc) is 2.89. The maximum Gasteiger partial charge on any atom is 0.339 e. The number of hydrogen-bond acceptors (Lipinski definition) is 8. The first-order chi connectivity index (χ1) is 13.5. The van der Waals surface area contributed by atoms with Crippen molar-refractivity contribution >= 4 is 23.3 Å². The van der Waals surface area contributed by atoms with Gasteiger partial charge in [-0.2, -0.15) is 5.26 Å². The van der Waals surface area contributed by atoms with E-state index in [1.54, 1.807) is 0 Å². The first-order valence-corrected chi connectivity index (χ1v) is 9.18. The molecule has 0 saturated carbocycles. The van der Waals surface area contributed by atoms with Crippen molar-refractivity contribution in [1.29, 1.82) is 5.26 Å². The van der Waals surface area contributed by atoms with Gasteiger partial charge in [0.25, 0.3) is 0 Å². The van der Waals surface area contributed by atoms with E-state index in [1.807, 2.05) is 6.07 Å². The van der Waals surface area contributed by atoms with Gasteiger partial charge in [0.2, 0.25) is 0 Å². The summed E-state index contributed by atoms with van der Waals surface area (Å²) in [7, 11) is 2.29. The number of carboxylic acids is 1. The predicted octanol–water partition coefficient (Wildman–Crippen LogP) is 2.40. The summed E-state index contributed by atoms with van der Waals surface area (Å²) in [6.07, 6.45) is 11.2. The molecular formula is C19H23N7O2. The number of hydrogen-bond donors (Lipinski definition) is 3. The quantitative estimate of drug-likeness (QED) is 0.730. The van der Waals surface area contributed by atoms with Gasteiger partial charge in [-0.15, -0.1) is 0 Å². The van der Waals surface area contributed by atoms with Crippen molar-refractivity contribution in [2.24, 2.45) is 0 Å². The van der Waals surface area contributed by atoms with E-state index in [9.17, 15) is 4.79 Å². The number of anilines is 3. The smallest absolute Gasteiger partial charge is 0.339 e. The molecule has 0 aromatic carbocycles. The van der Waals surface area contributed by atoms with Gasteiger partial charge >= 0.3 is 5.97 Å². The van der Waals surface area contributed by atoms with Gasteiger partial charge in [-0.25, -0.2) is 19.7 Å². The second-order valence-corrected chi connectivity index (χ2v) is 6.97. The van der Waals surface area contributed by atoms with Gasteiger partial charge in [0.05, 0.1) is 18.1 Å². The van der Waals surface area contributed by atoms with E-state index in [2.05, 4.69) is 32.2 Å². The molecule has 4 N–H and O–H groups in total. The molecule has 2 unspecified atom stereocenters. The lowest BCUT2D eigenvalue weighted by Crippen LogP contribution is -2.35. The number of piperidine rings is 1. The molecule has 9 nitrogen and oxygen atoms in total. The van der Waals surface area contributed by atoms with Crippen molar-refractivity contribution < 1.29 is 9.90 Å². The zero-order valence-electron chi connectivity index (χ0n) is 15.7. The lowest BCUT2D eigenvalue weighted by molar-refractivity contribution is 0.0697. The van der Waals surface area contributed by atoms with E-state index >= 15 is 0 Å². The van der Waals surface area contributed by atoms with Crippen molar-refractivity contribution in [1.82, 2.24) is 19.9 Å². The molecule has 146 valence electrons. The molecule has 9 heteroatoms. The molecule has 0 radical (unpaired) electrons. The molecule has 2 fully saturated rings. The minimum absolute atomic E-state index is 0.0727. The summed E-state index contributed by atoms with van der Waals surface area (Å²) >= 11 is 0. The van der Waals surface area contributed by atoms with Crippen LogP contribution in [0.4, 0.5) is 17.3 Å². The summed E-state index contributed by atoms with van der Waals surface area (Å²) in [5, 5.41) is 20.2. The fourth-order valence-corrected chi connectivity index (χ4v) is 3.67. The number of pyridine rings is 1. The molecule has 2 aromatic rings. The number of rotatable bonds is 3. The second-order valence-electron chi connectivity index (χ2n) is 6.97. The first kappa shape index (κ1) is 19.5. The molecule has 0 amide bonds. The Bertz CT molecular complexity index is 863. The molecule has 2 saturated heterocycles. The van der Waals surface area contributed by atoms with Gasteiger partial charge in [0.1, 0.15) is 23.3 Å². The number of nitrogens with zero attached hydrogens (tertiary/aromatic N) is 5. The number of carboxylic acid groups (broad SMARTS) is 1. The van der Waals surface area contributed by atoms with Crippen LogP contribution in [0.3, 0.4) is 0 Å². The van der Waals surface area contributed by atoms with Crippen LogP contribution in [0.5, 0.6) is 0 Å². The van der Waals surface area contributed by atoms with E-state index in [0.29, 0.717) is 11.6 Å². The lowest BCUT2D eigenvalue weighted by Gasteiger charge is -2.30. The van der Waals surface area contributed by atoms with Gasteiger partial charge < -0.3 is 21.1 Å². The maximum absolute atomic E-state index is 10.8. The van der Waals surface area contributed by atoms with Crippen LogP contribution in [-0.4, -0.2) is 50.1 Å². The van der Waals surface area contributed by atoms with Crippen LogP contribution in [0.2, 0.25) is 0 Å². The Morgan fingerprint density at radius 2 is 1.86 bits per heavy atom. The Balaban J connectivity index is 0.000000206. The minimum atomic E-state index is -1.14. The Hall–Kier alpha value is -3.25. The molecule has 2 aliphatic rings. The normalized spacial score (nSPS) is 20.6. The predicted molar refractivity (Wildman–Crippen MR) is 104 cm³/mol. The highest BCUT2D eigenvalue weighted by Crippen LogP contribution is 2.33. The van der Waals surface area contributed by atoms with Crippen LogP contribution >= 0.6 is 0 Å². The molecule has 4 rings (SSSR count). The maximum atomic E-state index is 10.8. The van der Waals surface area contributed by atoms with Crippen LogP contribution in [0, 0.1) is 11.3 Å². The lowest BCUT2D eigenvalue weighted by atomic mass is 10.0. The first-order valence-electron chi connectivity index (χ1n) is 9.18. The van der Waals surface area contributed by atoms with Gasteiger partial charge in [-0.3, -0.25) is 0 Å². The number of nitrogen functional groups attached to an aromatic ring is 1. The number of nitrogens with two attached hydrogens (primary N) is 1. The summed E-state index contributed by atoms with van der Waals surface area (Å²) in [5.41, 5.74) is 5.79. The van der Waals surface area contributed by atoms with Crippen LogP contribution in [-0.2, 0) is 0 Å². The monoisotopic (exact) mass is 381 g/mol. The summed E-state index contributed by atoms with van der Waals surface area (Å²) in [4.78, 5) is 25.0. The van der Waals surface area contributed by atoms with Crippen LogP contribution in [0.15, 0.2) is 24.7 Å². The highest BCUT2D eigenvalue weighted by atomic mass is 16.4. The Morgan fingerprint density at radius 3 is 2.36 bits per heavy atom. The Morgan fingerprint density at radius 1 is 1.18 bits per heavy atom. The summed E-state index contributed by atoms with van der Waals surface area (Å²) in [5.74, 6) is -0.440. The second kappa shape index (κ2) is 8.63. The van der Waals surface area contributed by atoms with Crippen molar-refractivity contribution in [2.45, 2.75) is 44.2 Å². The van der Waals surface area contributed by atoms with Gasteiger partial charge in [-0.05, 0) is 32.7 Å². The summed E-state index contributed by atoms with van der Waals surface area (Å²) in [6, 6.07) is 5.15. The van der Waals surface area contributed by atoms with Gasteiger partial charge in [0.15, 0.2) is 5.69 Å². The molecule has 2 bridgehead atoms. The molecule has 0 aliphatic carbocycles. The molecule has 2 aliphatic heterocycles. The molecule has 0 spiro atoms. The third-order valence-corrected chi connectivity index (χ3v) is 5.25. The SMILES string of the molecule is CN1C2CCCC1CC2.N#Cc1cnc(Nc2cc(N)c(C(=O)O)cn2)cn1. The zero-order chi connectivity index (χ0) is 20.1. The Labute approximate surface area is 163 Å². The molecule has 2 aromatic heterocycles. The molecule has 2 atom stereocenters. The van der Waals surface area contributed by atoms with E-state index in [4.69, 9.17) is 16.1 Å². The number of aromatic nitrogens is 3. The molecule has 28 heavy (non-hydrogen) atoms. The van der Waals surface area contributed by atoms with Crippen LogP contribution in [0.1, 0.15) is 48.2 Å². The average molecular weight is 381 g/mol. The number of fused-ring (bicyclic) bond motifs is 2. The summed E-state index contributed by atoms with van der Waals surface area (Å²) in [6.45, 7) is 0. The molecular weight excluding hydrogens is 358 g/mol. The topological polar surface area (TPSA) is 141 Å². The van der Waals surface area contributed by atoms with Crippen LogP contribution in [0.25, 0.3) is 0 Å². The van der Waals surface area contributed by atoms with E-state index in [0.717, 1.165) is 18.3 Å². The van der Waals surface area contributed by atoms with Crippen molar-refractivity contribution in [3.63, 3.8) is 0 Å². The third-order valence-electron chi connectivity index (χ3n) is 5.25. The number of aromatic carboxylic acids is 1. The standard InChI is InChI=1S/C11H8N6O2.C8H15N/c12-2-6-3-15-10(5-14-6)17-9-1-8(13)7(4-16-9)11(18)19;1-9-7-3-2-4-8(9)6-5-7/h1,3-5H,(H,18,19)(H3,13,15,16,17);7-8H,2-6H2,1H3. The number of carbonyl (C=O) groups is 1. The van der Waals surface area contributed by atoms with Gasteiger partial charge in [-0.1, -0.05) is 6.42 Å². The van der Waals surface area contributed by atoms with Crippen molar-refractivity contribution in [3.05, 3.63) is 35.9 Å².